The van der Waals surface area contributed by atoms with Gasteiger partial charge in [-0.1, -0.05) is 60.2 Å². The average Bonchev–Trinajstić information content (AvgIpc) is 2.92. The second-order valence-electron chi connectivity index (χ2n) is 9.19. The van der Waals surface area contributed by atoms with Crippen molar-refractivity contribution in [2.45, 2.75) is 13.5 Å². The number of methoxy groups -OCH3 is 2. The molecule has 1 aliphatic heterocycles. The fraction of sp³-hybridized carbons (Fsp3) is 0.267. The summed E-state index contributed by atoms with van der Waals surface area (Å²) in [6.45, 7) is 6.38. The van der Waals surface area contributed by atoms with Crippen LogP contribution in [0.25, 0.3) is 10.9 Å². The summed E-state index contributed by atoms with van der Waals surface area (Å²) in [5.41, 5.74) is 5.38. The number of aromatic nitrogens is 1. The molecule has 0 atom stereocenters. The van der Waals surface area contributed by atoms with Gasteiger partial charge in [0.25, 0.3) is 0 Å². The number of pyridine rings is 1. The highest BCUT2D eigenvalue weighted by molar-refractivity contribution is 6.16. The van der Waals surface area contributed by atoms with Crippen LogP contribution in [-0.4, -0.2) is 56.1 Å². The number of ketones is 1. The first-order chi connectivity index (χ1) is 17.6. The molecule has 0 saturated carbocycles. The molecule has 37 heavy (non-hydrogen) atoms. The first kappa shape index (κ1) is 26.5. The van der Waals surface area contributed by atoms with E-state index in [0.717, 1.165) is 54.9 Å². The van der Waals surface area contributed by atoms with Gasteiger partial charge in [0.15, 0.2) is 17.3 Å². The second kappa shape index (κ2) is 11.6. The van der Waals surface area contributed by atoms with Gasteiger partial charge in [-0.05, 0) is 18.6 Å². The van der Waals surface area contributed by atoms with Crippen LogP contribution in [-0.2, 0) is 6.54 Å². The molecule has 3 aromatic carbocycles. The summed E-state index contributed by atoms with van der Waals surface area (Å²) in [5, 5.41) is 0.891. The minimum atomic E-state index is -0.0269. The number of hydrogen-bond donors (Lipinski definition) is 0. The topological polar surface area (TPSA) is 54.9 Å². The smallest absolute Gasteiger partial charge is 0.196 e. The van der Waals surface area contributed by atoms with Gasteiger partial charge in [-0.2, -0.15) is 0 Å². The fourth-order valence-corrected chi connectivity index (χ4v) is 4.84. The van der Waals surface area contributed by atoms with Crippen LogP contribution in [0, 0.1) is 6.92 Å². The Morgan fingerprint density at radius 2 is 1.54 bits per heavy atom. The Balaban J connectivity index is 0.00000320. The second-order valence-corrected chi connectivity index (χ2v) is 9.19. The van der Waals surface area contributed by atoms with E-state index in [-0.39, 0.29) is 18.2 Å². The van der Waals surface area contributed by atoms with Gasteiger partial charge in [0, 0.05) is 55.9 Å². The summed E-state index contributed by atoms with van der Waals surface area (Å²) >= 11 is 0. The van der Waals surface area contributed by atoms with Crippen molar-refractivity contribution in [3.05, 3.63) is 95.2 Å². The SMILES string of the molecule is COc1cc2ncc(C(=O)c3ccc(C)cc3)c(N3CCN(Cc4ccccc4)CC3)c2cc1OC.Cl. The summed E-state index contributed by atoms with van der Waals surface area (Å²) in [5.74, 6) is 1.21. The van der Waals surface area contributed by atoms with Gasteiger partial charge in [0.05, 0.1) is 31.0 Å². The quantitative estimate of drug-likeness (QED) is 0.300. The van der Waals surface area contributed by atoms with Crippen LogP contribution >= 0.6 is 12.4 Å². The van der Waals surface area contributed by atoms with E-state index in [9.17, 15) is 4.79 Å². The van der Waals surface area contributed by atoms with Crippen molar-refractivity contribution >= 4 is 34.8 Å². The van der Waals surface area contributed by atoms with Crippen LogP contribution in [0.15, 0.2) is 72.9 Å². The number of benzene rings is 3. The Morgan fingerprint density at radius 1 is 0.892 bits per heavy atom. The molecule has 1 aromatic heterocycles. The minimum Gasteiger partial charge on any atom is -0.493 e. The number of piperazine rings is 1. The molecule has 0 spiro atoms. The monoisotopic (exact) mass is 517 g/mol. The Morgan fingerprint density at radius 3 is 2.19 bits per heavy atom. The lowest BCUT2D eigenvalue weighted by atomic mass is 9.98. The molecule has 2 heterocycles. The maximum atomic E-state index is 13.7. The van der Waals surface area contributed by atoms with Gasteiger partial charge < -0.3 is 14.4 Å². The van der Waals surface area contributed by atoms with Crippen molar-refractivity contribution < 1.29 is 14.3 Å². The van der Waals surface area contributed by atoms with Crippen LogP contribution in [0.4, 0.5) is 5.69 Å². The number of carbonyl (C=O) groups is 1. The number of fused-ring (bicyclic) bond motifs is 1. The molecule has 0 bridgehead atoms. The molecule has 0 amide bonds. The third-order valence-corrected chi connectivity index (χ3v) is 6.84. The molecule has 1 saturated heterocycles. The van der Waals surface area contributed by atoms with Gasteiger partial charge in [0.1, 0.15) is 0 Å². The third kappa shape index (κ3) is 5.55. The maximum Gasteiger partial charge on any atom is 0.196 e. The normalized spacial score (nSPS) is 13.8. The van der Waals surface area contributed by atoms with E-state index < -0.39 is 0 Å². The number of rotatable bonds is 7. The predicted molar refractivity (Wildman–Crippen MR) is 151 cm³/mol. The zero-order valence-corrected chi connectivity index (χ0v) is 22.3. The number of aryl methyl sites for hydroxylation is 1. The summed E-state index contributed by atoms with van der Waals surface area (Å²) < 4.78 is 11.1. The van der Waals surface area contributed by atoms with E-state index in [2.05, 4.69) is 39.0 Å². The maximum absolute atomic E-state index is 13.7. The molecule has 192 valence electrons. The molecule has 0 unspecified atom stereocenters. The highest BCUT2D eigenvalue weighted by Gasteiger charge is 2.26. The summed E-state index contributed by atoms with van der Waals surface area (Å²) in [4.78, 5) is 23.2. The highest BCUT2D eigenvalue weighted by atomic mass is 35.5. The van der Waals surface area contributed by atoms with Gasteiger partial charge in [-0.15, -0.1) is 12.4 Å². The van der Waals surface area contributed by atoms with Gasteiger partial charge in [-0.25, -0.2) is 0 Å². The van der Waals surface area contributed by atoms with Crippen LogP contribution in [0.3, 0.4) is 0 Å². The zero-order valence-electron chi connectivity index (χ0n) is 21.4. The molecule has 5 rings (SSSR count). The van der Waals surface area contributed by atoms with Crippen molar-refractivity contribution in [3.63, 3.8) is 0 Å². The Hall–Kier alpha value is -3.61. The lowest BCUT2D eigenvalue weighted by Crippen LogP contribution is -2.46. The Bertz CT molecular complexity index is 1370. The average molecular weight is 518 g/mol. The standard InChI is InChI=1S/C30H31N3O3.ClH/c1-21-9-11-23(12-10-21)30(34)25-19-31-26-18-28(36-3)27(35-2)17-24(26)29(25)33-15-13-32(14-16-33)20-22-7-5-4-6-8-22;/h4-12,17-19H,13-16,20H2,1-3H3;1H. The number of hydrogen-bond acceptors (Lipinski definition) is 6. The molecule has 0 N–H and O–H groups in total. The van der Waals surface area contributed by atoms with E-state index in [4.69, 9.17) is 9.47 Å². The van der Waals surface area contributed by atoms with Gasteiger partial charge in [0.2, 0.25) is 0 Å². The molecule has 0 aliphatic carbocycles. The largest absolute Gasteiger partial charge is 0.493 e. The zero-order chi connectivity index (χ0) is 25.1. The first-order valence-corrected chi connectivity index (χ1v) is 12.2. The lowest BCUT2D eigenvalue weighted by Gasteiger charge is -2.37. The third-order valence-electron chi connectivity index (χ3n) is 6.84. The summed E-state index contributed by atoms with van der Waals surface area (Å²) in [6, 6.07) is 22.1. The number of carbonyl (C=O) groups excluding carboxylic acids is 1. The number of nitrogens with zero attached hydrogens (tertiary/aromatic N) is 3. The molecule has 0 radical (unpaired) electrons. The fourth-order valence-electron chi connectivity index (χ4n) is 4.84. The molecule has 4 aromatic rings. The Labute approximate surface area is 224 Å². The minimum absolute atomic E-state index is 0. The van der Waals surface area contributed by atoms with E-state index in [1.54, 1.807) is 20.4 Å². The van der Waals surface area contributed by atoms with Crippen LogP contribution < -0.4 is 14.4 Å². The van der Waals surface area contributed by atoms with E-state index in [1.165, 1.54) is 5.56 Å². The van der Waals surface area contributed by atoms with Crippen LogP contribution in [0.5, 0.6) is 11.5 Å². The summed E-state index contributed by atoms with van der Waals surface area (Å²) in [7, 11) is 3.24. The van der Waals surface area contributed by atoms with E-state index in [0.29, 0.717) is 22.6 Å². The molecule has 7 heteroatoms. The van der Waals surface area contributed by atoms with Crippen molar-refractivity contribution in [2.75, 3.05) is 45.3 Å². The Kier molecular flexibility index (Phi) is 8.31. The molecular formula is C30H32ClN3O3. The van der Waals surface area contributed by atoms with Gasteiger partial charge in [-0.3, -0.25) is 14.7 Å². The molecule has 1 aliphatic rings. The van der Waals surface area contributed by atoms with Crippen LogP contribution in [0.2, 0.25) is 0 Å². The van der Waals surface area contributed by atoms with Crippen molar-refractivity contribution in [3.8, 4) is 11.5 Å². The lowest BCUT2D eigenvalue weighted by molar-refractivity contribution is 0.103. The summed E-state index contributed by atoms with van der Waals surface area (Å²) in [6.07, 6.45) is 1.71. The van der Waals surface area contributed by atoms with Crippen LogP contribution in [0.1, 0.15) is 27.0 Å². The van der Waals surface area contributed by atoms with Gasteiger partial charge >= 0.3 is 0 Å². The van der Waals surface area contributed by atoms with E-state index >= 15 is 0 Å². The van der Waals surface area contributed by atoms with Crippen molar-refractivity contribution in [2.24, 2.45) is 0 Å². The number of anilines is 1. The first-order valence-electron chi connectivity index (χ1n) is 12.2. The predicted octanol–water partition coefficient (Wildman–Crippen LogP) is 5.54. The van der Waals surface area contributed by atoms with E-state index in [1.807, 2.05) is 49.4 Å². The molecular weight excluding hydrogens is 486 g/mol. The number of halogens is 1. The van der Waals surface area contributed by atoms with Crippen molar-refractivity contribution in [1.29, 1.82) is 0 Å². The molecule has 1 fully saturated rings. The number of ether oxygens (including phenoxy) is 2. The molecule has 6 nitrogen and oxygen atoms in total. The van der Waals surface area contributed by atoms with Crippen molar-refractivity contribution in [1.82, 2.24) is 9.88 Å². The highest BCUT2D eigenvalue weighted by Crippen LogP contribution is 2.38.